The fraction of sp³-hybridized carbons (Fsp3) is 0.333. The molecule has 1 amide bonds. The minimum absolute atomic E-state index is 0.217. The number of carbonyl (C=O) groups excluding carboxylic acids is 1. The van der Waals surface area contributed by atoms with Gasteiger partial charge in [-0.1, -0.05) is 6.07 Å². The van der Waals surface area contributed by atoms with Gasteiger partial charge < -0.3 is 4.90 Å². The largest absolute Gasteiger partial charge is 0.311 e. The van der Waals surface area contributed by atoms with E-state index >= 15 is 0 Å². The van der Waals surface area contributed by atoms with Crippen LogP contribution >= 0.6 is 0 Å². The second kappa shape index (κ2) is 4.63. The topological polar surface area (TPSA) is 78.2 Å². The van der Waals surface area contributed by atoms with Crippen LogP contribution in [-0.4, -0.2) is 26.1 Å². The van der Waals surface area contributed by atoms with Crippen LogP contribution in [0.15, 0.2) is 18.2 Å². The first-order valence-electron chi connectivity index (χ1n) is 5.57. The Labute approximate surface area is 110 Å². The minimum atomic E-state index is -4.73. The van der Waals surface area contributed by atoms with E-state index in [-0.39, 0.29) is 13.0 Å². The van der Waals surface area contributed by atoms with Crippen LogP contribution < -0.4 is 4.90 Å². The summed E-state index contributed by atoms with van der Waals surface area (Å²) in [5, 5.41) is 7.60. The summed E-state index contributed by atoms with van der Waals surface area (Å²) < 4.78 is 34.6. The number of amides is 1. The zero-order valence-corrected chi connectivity index (χ0v) is 10.9. The minimum Gasteiger partial charge on any atom is -0.311 e. The van der Waals surface area contributed by atoms with Gasteiger partial charge in [-0.2, -0.15) is 13.7 Å². The molecule has 1 aliphatic heterocycles. The SMILES string of the molecule is Cc1ccc(N2CC(S(=O)(=O)F)CC2=O)cc1C#N. The van der Waals surface area contributed by atoms with Crippen LogP contribution in [0, 0.1) is 18.3 Å². The van der Waals surface area contributed by atoms with E-state index in [0.29, 0.717) is 11.3 Å². The van der Waals surface area contributed by atoms with Crippen LogP contribution in [0.5, 0.6) is 0 Å². The molecule has 1 heterocycles. The van der Waals surface area contributed by atoms with Gasteiger partial charge in [0.2, 0.25) is 5.91 Å². The van der Waals surface area contributed by atoms with Crippen LogP contribution in [0.1, 0.15) is 17.5 Å². The van der Waals surface area contributed by atoms with Crippen molar-refractivity contribution in [3.05, 3.63) is 29.3 Å². The summed E-state index contributed by atoms with van der Waals surface area (Å²) in [7, 11) is -4.73. The van der Waals surface area contributed by atoms with Gasteiger partial charge in [-0.3, -0.25) is 4.79 Å². The number of rotatable bonds is 2. The maximum atomic E-state index is 12.9. The van der Waals surface area contributed by atoms with E-state index in [4.69, 9.17) is 5.26 Å². The molecule has 1 aliphatic rings. The second-order valence-electron chi connectivity index (χ2n) is 4.42. The van der Waals surface area contributed by atoms with Gasteiger partial charge in [0.1, 0.15) is 5.25 Å². The maximum Gasteiger partial charge on any atom is 0.307 e. The second-order valence-corrected chi connectivity index (χ2v) is 6.03. The van der Waals surface area contributed by atoms with Crippen molar-refractivity contribution < 1.29 is 17.1 Å². The molecule has 0 aliphatic carbocycles. The third-order valence-electron chi connectivity index (χ3n) is 3.14. The summed E-state index contributed by atoms with van der Waals surface area (Å²) in [5.74, 6) is -0.459. The van der Waals surface area contributed by atoms with Gasteiger partial charge in [-0.05, 0) is 24.6 Å². The van der Waals surface area contributed by atoms with Crippen molar-refractivity contribution in [2.75, 3.05) is 11.4 Å². The Kier molecular flexibility index (Phi) is 3.28. The van der Waals surface area contributed by atoms with Crippen LogP contribution in [0.2, 0.25) is 0 Å². The molecule has 0 saturated carbocycles. The lowest BCUT2D eigenvalue weighted by atomic mass is 10.1. The third kappa shape index (κ3) is 2.58. The molecule has 7 heteroatoms. The molecule has 1 aromatic rings. The van der Waals surface area contributed by atoms with Crippen molar-refractivity contribution in [2.24, 2.45) is 0 Å². The number of hydrogen-bond acceptors (Lipinski definition) is 4. The van der Waals surface area contributed by atoms with Gasteiger partial charge in [0.25, 0.3) is 0 Å². The average Bonchev–Trinajstić information content (AvgIpc) is 2.72. The standard InChI is InChI=1S/C12H11FN2O3S/c1-8-2-3-10(4-9(8)6-14)15-7-11(5-12(15)16)19(13,17)18/h2-4,11H,5,7H2,1H3. The van der Waals surface area contributed by atoms with Crippen molar-refractivity contribution in [3.63, 3.8) is 0 Å². The van der Waals surface area contributed by atoms with Gasteiger partial charge in [0.15, 0.2) is 0 Å². The molecule has 5 nitrogen and oxygen atoms in total. The van der Waals surface area contributed by atoms with Crippen molar-refractivity contribution in [1.82, 2.24) is 0 Å². The van der Waals surface area contributed by atoms with E-state index in [0.717, 1.165) is 5.56 Å². The van der Waals surface area contributed by atoms with E-state index in [1.165, 1.54) is 11.0 Å². The number of aryl methyl sites for hydroxylation is 1. The van der Waals surface area contributed by atoms with Gasteiger partial charge in [0, 0.05) is 18.7 Å². The molecule has 0 radical (unpaired) electrons. The molecule has 0 spiro atoms. The third-order valence-corrected chi connectivity index (χ3v) is 4.25. The summed E-state index contributed by atoms with van der Waals surface area (Å²) in [6, 6.07) is 6.76. The Bertz CT molecular complexity index is 679. The van der Waals surface area contributed by atoms with Crippen LogP contribution in [0.4, 0.5) is 9.57 Å². The van der Waals surface area contributed by atoms with Crippen LogP contribution in [-0.2, 0) is 15.0 Å². The number of carbonyl (C=O) groups is 1. The molecule has 0 N–H and O–H groups in total. The fourth-order valence-corrected chi connectivity index (χ4v) is 2.68. The highest BCUT2D eigenvalue weighted by molar-refractivity contribution is 7.87. The van der Waals surface area contributed by atoms with Gasteiger partial charge >= 0.3 is 10.2 Å². The molecule has 1 atom stereocenters. The number of anilines is 1. The van der Waals surface area contributed by atoms with Crippen molar-refractivity contribution in [2.45, 2.75) is 18.6 Å². The Morgan fingerprint density at radius 3 is 2.68 bits per heavy atom. The average molecular weight is 282 g/mol. The van der Waals surface area contributed by atoms with E-state index in [2.05, 4.69) is 0 Å². The number of nitrogens with zero attached hydrogens (tertiary/aromatic N) is 2. The predicted octanol–water partition coefficient (Wildman–Crippen LogP) is 1.27. The lowest BCUT2D eigenvalue weighted by Crippen LogP contribution is -2.26. The number of benzene rings is 1. The monoisotopic (exact) mass is 282 g/mol. The van der Waals surface area contributed by atoms with Crippen molar-refractivity contribution >= 4 is 21.8 Å². The Hall–Kier alpha value is -1.94. The highest BCUT2D eigenvalue weighted by Gasteiger charge is 2.39. The van der Waals surface area contributed by atoms with Gasteiger partial charge in [0.05, 0.1) is 11.6 Å². The van der Waals surface area contributed by atoms with Crippen molar-refractivity contribution in [3.8, 4) is 6.07 Å². The Morgan fingerprint density at radius 1 is 1.47 bits per heavy atom. The van der Waals surface area contributed by atoms with Gasteiger partial charge in [-0.25, -0.2) is 0 Å². The first kappa shape index (κ1) is 13.5. The molecule has 1 aromatic carbocycles. The summed E-state index contributed by atoms with van der Waals surface area (Å²) in [4.78, 5) is 12.9. The molecular formula is C12H11FN2O3S. The molecule has 1 unspecified atom stereocenters. The number of halogens is 1. The predicted molar refractivity (Wildman–Crippen MR) is 66.7 cm³/mol. The Morgan fingerprint density at radius 2 is 2.16 bits per heavy atom. The summed E-state index contributed by atoms with van der Waals surface area (Å²) >= 11 is 0. The molecule has 100 valence electrons. The Balaban J connectivity index is 2.34. The highest BCUT2D eigenvalue weighted by atomic mass is 32.3. The summed E-state index contributed by atoms with van der Waals surface area (Å²) in [5.41, 5.74) is 1.57. The van der Waals surface area contributed by atoms with Crippen LogP contribution in [0.3, 0.4) is 0 Å². The highest BCUT2D eigenvalue weighted by Crippen LogP contribution is 2.27. The quantitative estimate of drug-likeness (QED) is 0.765. The molecule has 19 heavy (non-hydrogen) atoms. The molecule has 0 bridgehead atoms. The van der Waals surface area contributed by atoms with E-state index in [9.17, 15) is 17.1 Å². The molecule has 0 aromatic heterocycles. The summed E-state index contributed by atoms with van der Waals surface area (Å²) in [6.07, 6.45) is -0.366. The molecule has 1 saturated heterocycles. The zero-order valence-electron chi connectivity index (χ0n) is 10.1. The smallest absolute Gasteiger partial charge is 0.307 e. The zero-order chi connectivity index (χ0) is 14.2. The van der Waals surface area contributed by atoms with E-state index < -0.39 is 21.4 Å². The first-order valence-corrected chi connectivity index (χ1v) is 7.02. The number of nitriles is 1. The van der Waals surface area contributed by atoms with E-state index in [1.807, 2.05) is 6.07 Å². The van der Waals surface area contributed by atoms with Crippen molar-refractivity contribution in [1.29, 1.82) is 5.26 Å². The van der Waals surface area contributed by atoms with Gasteiger partial charge in [-0.15, -0.1) is 3.89 Å². The summed E-state index contributed by atoms with van der Waals surface area (Å²) in [6.45, 7) is 1.54. The maximum absolute atomic E-state index is 12.9. The fourth-order valence-electron chi connectivity index (χ4n) is 2.01. The van der Waals surface area contributed by atoms with E-state index in [1.54, 1.807) is 19.1 Å². The lowest BCUT2D eigenvalue weighted by molar-refractivity contribution is -0.117. The first-order chi connectivity index (χ1) is 8.82. The molecule has 1 fully saturated rings. The molecule has 2 rings (SSSR count). The lowest BCUT2D eigenvalue weighted by Gasteiger charge is -2.16. The molecular weight excluding hydrogens is 271 g/mol. The van der Waals surface area contributed by atoms with Crippen LogP contribution in [0.25, 0.3) is 0 Å². The normalized spacial score (nSPS) is 19.5. The number of hydrogen-bond donors (Lipinski definition) is 0.